The fourth-order valence-electron chi connectivity index (χ4n) is 2.70. The van der Waals surface area contributed by atoms with Gasteiger partial charge in [0.2, 0.25) is 0 Å². The SMILES string of the molecule is C=CCCCCc1ccc(C(=O)Oc2ccc(CCCC)cc2)cc1. The molecule has 0 amide bonds. The van der Waals surface area contributed by atoms with Crippen LogP contribution >= 0.6 is 0 Å². The van der Waals surface area contributed by atoms with Crippen molar-refractivity contribution >= 4 is 5.97 Å². The minimum atomic E-state index is -0.306. The Bertz CT molecular complexity index is 653. The molecule has 132 valence electrons. The predicted octanol–water partition coefficient (Wildman–Crippen LogP) is 6.15. The number of aryl methyl sites for hydroxylation is 2. The van der Waals surface area contributed by atoms with Crippen LogP contribution in [0.1, 0.15) is 60.5 Å². The topological polar surface area (TPSA) is 26.3 Å². The predicted molar refractivity (Wildman–Crippen MR) is 104 cm³/mol. The van der Waals surface area contributed by atoms with Crippen LogP contribution in [0.5, 0.6) is 5.75 Å². The molecule has 0 aromatic heterocycles. The molecular weight excluding hydrogens is 308 g/mol. The summed E-state index contributed by atoms with van der Waals surface area (Å²) in [5, 5.41) is 0. The van der Waals surface area contributed by atoms with Crippen LogP contribution in [0.25, 0.3) is 0 Å². The number of allylic oxidation sites excluding steroid dienone is 1. The van der Waals surface area contributed by atoms with Crippen molar-refractivity contribution in [1.82, 2.24) is 0 Å². The van der Waals surface area contributed by atoms with Crippen molar-refractivity contribution in [2.24, 2.45) is 0 Å². The average Bonchev–Trinajstić information content (AvgIpc) is 2.65. The molecular formula is C23H28O2. The highest BCUT2D eigenvalue weighted by atomic mass is 16.5. The molecule has 0 spiro atoms. The van der Waals surface area contributed by atoms with Crippen LogP contribution in [0, 0.1) is 0 Å². The van der Waals surface area contributed by atoms with Crippen molar-refractivity contribution in [3.63, 3.8) is 0 Å². The molecule has 0 radical (unpaired) electrons. The Morgan fingerprint density at radius 3 is 2.12 bits per heavy atom. The Hall–Kier alpha value is -2.35. The van der Waals surface area contributed by atoms with Gasteiger partial charge in [-0.05, 0) is 73.9 Å². The van der Waals surface area contributed by atoms with Gasteiger partial charge in [0.05, 0.1) is 5.56 Å². The third-order valence-electron chi connectivity index (χ3n) is 4.27. The lowest BCUT2D eigenvalue weighted by Gasteiger charge is -2.07. The summed E-state index contributed by atoms with van der Waals surface area (Å²) in [5.41, 5.74) is 3.12. The van der Waals surface area contributed by atoms with Crippen molar-refractivity contribution < 1.29 is 9.53 Å². The third kappa shape index (κ3) is 6.58. The highest BCUT2D eigenvalue weighted by Crippen LogP contribution is 2.16. The molecule has 0 saturated carbocycles. The fraction of sp³-hybridized carbons (Fsp3) is 0.348. The second-order valence-corrected chi connectivity index (χ2v) is 6.37. The summed E-state index contributed by atoms with van der Waals surface area (Å²) in [6.45, 7) is 5.92. The molecule has 0 aliphatic heterocycles. The van der Waals surface area contributed by atoms with Crippen LogP contribution in [0.15, 0.2) is 61.2 Å². The highest BCUT2D eigenvalue weighted by Gasteiger charge is 2.08. The van der Waals surface area contributed by atoms with Gasteiger partial charge in [0.15, 0.2) is 0 Å². The average molecular weight is 336 g/mol. The van der Waals surface area contributed by atoms with Crippen molar-refractivity contribution in [1.29, 1.82) is 0 Å². The molecule has 2 nitrogen and oxygen atoms in total. The first kappa shape index (κ1) is 19.0. The molecule has 0 aliphatic rings. The minimum Gasteiger partial charge on any atom is -0.423 e. The van der Waals surface area contributed by atoms with Crippen molar-refractivity contribution in [3.05, 3.63) is 77.9 Å². The molecule has 2 heteroatoms. The molecule has 2 aromatic rings. The first-order chi connectivity index (χ1) is 12.2. The first-order valence-corrected chi connectivity index (χ1v) is 9.24. The minimum absolute atomic E-state index is 0.306. The first-order valence-electron chi connectivity index (χ1n) is 9.24. The second kappa shape index (κ2) is 10.5. The van der Waals surface area contributed by atoms with E-state index in [4.69, 9.17) is 4.74 Å². The van der Waals surface area contributed by atoms with Gasteiger partial charge in [-0.2, -0.15) is 0 Å². The molecule has 0 aliphatic carbocycles. The molecule has 0 atom stereocenters. The summed E-state index contributed by atoms with van der Waals surface area (Å²) in [4.78, 5) is 12.2. The Kier molecular flexibility index (Phi) is 7.97. The monoisotopic (exact) mass is 336 g/mol. The quantitative estimate of drug-likeness (QED) is 0.225. The van der Waals surface area contributed by atoms with Crippen molar-refractivity contribution in [2.75, 3.05) is 0 Å². The lowest BCUT2D eigenvalue weighted by molar-refractivity contribution is 0.0734. The number of benzene rings is 2. The number of unbranched alkanes of at least 4 members (excludes halogenated alkanes) is 3. The van der Waals surface area contributed by atoms with E-state index in [0.717, 1.165) is 32.1 Å². The van der Waals surface area contributed by atoms with Crippen molar-refractivity contribution in [2.45, 2.75) is 51.9 Å². The lowest BCUT2D eigenvalue weighted by atomic mass is 10.1. The number of hydrogen-bond acceptors (Lipinski definition) is 2. The Morgan fingerprint density at radius 2 is 1.52 bits per heavy atom. The number of hydrogen-bond donors (Lipinski definition) is 0. The number of ether oxygens (including phenoxy) is 1. The zero-order chi connectivity index (χ0) is 17.9. The standard InChI is InChI=1S/C23H28O2/c1-3-5-7-8-10-20-11-15-21(16-12-20)23(24)25-22-17-13-19(14-18-22)9-6-4-2/h3,11-18H,1,4-10H2,2H3. The molecule has 0 fully saturated rings. The largest absolute Gasteiger partial charge is 0.423 e. The zero-order valence-electron chi connectivity index (χ0n) is 15.2. The normalized spacial score (nSPS) is 10.4. The van der Waals surface area contributed by atoms with E-state index >= 15 is 0 Å². The fourth-order valence-corrected chi connectivity index (χ4v) is 2.70. The lowest BCUT2D eigenvalue weighted by Crippen LogP contribution is -2.08. The smallest absolute Gasteiger partial charge is 0.343 e. The van der Waals surface area contributed by atoms with E-state index in [2.05, 4.69) is 13.5 Å². The van der Waals surface area contributed by atoms with E-state index in [1.54, 1.807) is 0 Å². The van der Waals surface area contributed by atoms with Gasteiger partial charge in [0.1, 0.15) is 5.75 Å². The van der Waals surface area contributed by atoms with Gasteiger partial charge in [-0.15, -0.1) is 6.58 Å². The van der Waals surface area contributed by atoms with E-state index in [9.17, 15) is 4.79 Å². The molecule has 2 rings (SSSR count). The van der Waals surface area contributed by atoms with E-state index in [0.29, 0.717) is 11.3 Å². The Labute approximate surface area is 151 Å². The van der Waals surface area contributed by atoms with Crippen LogP contribution in [-0.4, -0.2) is 5.97 Å². The summed E-state index contributed by atoms with van der Waals surface area (Å²) in [7, 11) is 0. The molecule has 0 N–H and O–H groups in total. The molecule has 0 saturated heterocycles. The Morgan fingerprint density at radius 1 is 0.920 bits per heavy atom. The maximum Gasteiger partial charge on any atom is 0.343 e. The van der Waals surface area contributed by atoms with Gasteiger partial charge in [-0.1, -0.05) is 43.7 Å². The molecule has 0 heterocycles. The number of carbonyl (C=O) groups excluding carboxylic acids is 1. The van der Waals surface area contributed by atoms with Gasteiger partial charge in [0, 0.05) is 0 Å². The summed E-state index contributed by atoms with van der Waals surface area (Å²) in [6.07, 6.45) is 9.76. The van der Waals surface area contributed by atoms with E-state index in [1.165, 1.54) is 24.0 Å². The number of rotatable bonds is 10. The van der Waals surface area contributed by atoms with Gasteiger partial charge in [-0.25, -0.2) is 4.79 Å². The highest BCUT2D eigenvalue weighted by molar-refractivity contribution is 5.91. The second-order valence-electron chi connectivity index (χ2n) is 6.37. The van der Waals surface area contributed by atoms with Gasteiger partial charge < -0.3 is 4.74 Å². The molecule has 0 bridgehead atoms. The van der Waals surface area contributed by atoms with E-state index in [1.807, 2.05) is 54.6 Å². The van der Waals surface area contributed by atoms with Crippen LogP contribution in [0.4, 0.5) is 0 Å². The zero-order valence-corrected chi connectivity index (χ0v) is 15.2. The van der Waals surface area contributed by atoms with Crippen molar-refractivity contribution in [3.8, 4) is 5.75 Å². The molecule has 25 heavy (non-hydrogen) atoms. The summed E-state index contributed by atoms with van der Waals surface area (Å²) in [6, 6.07) is 15.5. The maximum absolute atomic E-state index is 12.2. The van der Waals surface area contributed by atoms with Gasteiger partial charge >= 0.3 is 5.97 Å². The van der Waals surface area contributed by atoms with E-state index in [-0.39, 0.29) is 5.97 Å². The van der Waals surface area contributed by atoms with Crippen LogP contribution in [-0.2, 0) is 12.8 Å². The Balaban J connectivity index is 1.86. The summed E-state index contributed by atoms with van der Waals surface area (Å²) >= 11 is 0. The summed E-state index contributed by atoms with van der Waals surface area (Å²) in [5.74, 6) is 0.290. The third-order valence-corrected chi connectivity index (χ3v) is 4.27. The van der Waals surface area contributed by atoms with Gasteiger partial charge in [-0.3, -0.25) is 0 Å². The summed E-state index contributed by atoms with van der Waals surface area (Å²) < 4.78 is 5.46. The molecule has 0 unspecified atom stereocenters. The number of carbonyl (C=O) groups is 1. The van der Waals surface area contributed by atoms with Crippen LogP contribution < -0.4 is 4.74 Å². The van der Waals surface area contributed by atoms with Crippen LogP contribution in [0.2, 0.25) is 0 Å². The molecule has 2 aromatic carbocycles. The number of esters is 1. The van der Waals surface area contributed by atoms with Crippen LogP contribution in [0.3, 0.4) is 0 Å². The van der Waals surface area contributed by atoms with E-state index < -0.39 is 0 Å². The van der Waals surface area contributed by atoms with Gasteiger partial charge in [0.25, 0.3) is 0 Å². The maximum atomic E-state index is 12.2.